The zero-order chi connectivity index (χ0) is 15.6. The molecule has 21 heavy (non-hydrogen) atoms. The molecule has 2 rings (SSSR count). The highest BCUT2D eigenvalue weighted by Gasteiger charge is 2.28. The highest BCUT2D eigenvalue weighted by molar-refractivity contribution is 7.91. The van der Waals surface area contributed by atoms with Gasteiger partial charge in [-0.05, 0) is 12.8 Å². The third kappa shape index (κ3) is 3.58. The van der Waals surface area contributed by atoms with E-state index in [4.69, 9.17) is 5.73 Å². The average molecular weight is 330 g/mol. The molecule has 0 amide bonds. The number of sulfone groups is 1. The van der Waals surface area contributed by atoms with E-state index in [0.29, 0.717) is 16.3 Å². The van der Waals surface area contributed by atoms with Gasteiger partial charge in [-0.1, -0.05) is 26.2 Å². The van der Waals surface area contributed by atoms with Crippen molar-refractivity contribution in [3.05, 3.63) is 4.88 Å². The first-order chi connectivity index (χ1) is 9.84. The molecule has 0 spiro atoms. The summed E-state index contributed by atoms with van der Waals surface area (Å²) in [5, 5.41) is 3.83. The molecule has 5 nitrogen and oxygen atoms in total. The van der Waals surface area contributed by atoms with Gasteiger partial charge in [0.25, 0.3) is 0 Å². The van der Waals surface area contributed by atoms with Gasteiger partial charge in [0.1, 0.15) is 9.90 Å². The summed E-state index contributed by atoms with van der Waals surface area (Å²) >= 11 is 1.17. The Morgan fingerprint density at radius 2 is 1.95 bits per heavy atom. The maximum atomic E-state index is 12.0. The predicted molar refractivity (Wildman–Crippen MR) is 87.0 cm³/mol. The maximum absolute atomic E-state index is 12.0. The Morgan fingerprint density at radius 3 is 2.48 bits per heavy atom. The van der Waals surface area contributed by atoms with Gasteiger partial charge < -0.3 is 11.1 Å². The van der Waals surface area contributed by atoms with Crippen molar-refractivity contribution in [2.75, 3.05) is 17.3 Å². The van der Waals surface area contributed by atoms with Crippen LogP contribution in [-0.4, -0.2) is 26.5 Å². The van der Waals surface area contributed by atoms with E-state index in [1.165, 1.54) is 17.8 Å². The maximum Gasteiger partial charge on any atom is 0.180 e. The fourth-order valence-corrected chi connectivity index (χ4v) is 5.34. The van der Waals surface area contributed by atoms with Crippen molar-refractivity contribution < 1.29 is 13.2 Å². The number of anilines is 2. The van der Waals surface area contributed by atoms with Crippen LogP contribution in [0.5, 0.6) is 0 Å². The van der Waals surface area contributed by atoms with Crippen molar-refractivity contribution in [2.45, 2.75) is 56.4 Å². The highest BCUT2D eigenvalue weighted by atomic mass is 32.2. The Balaban J connectivity index is 2.40. The average Bonchev–Trinajstić information content (AvgIpc) is 2.75. The van der Waals surface area contributed by atoms with Gasteiger partial charge in [-0.25, -0.2) is 8.42 Å². The van der Waals surface area contributed by atoms with Gasteiger partial charge in [-0.2, -0.15) is 0 Å². The van der Waals surface area contributed by atoms with Crippen LogP contribution in [0.25, 0.3) is 0 Å². The largest absolute Gasteiger partial charge is 0.396 e. The Kier molecular flexibility index (Phi) is 4.93. The molecule has 1 heterocycles. The second-order valence-corrected chi connectivity index (χ2v) is 8.50. The van der Waals surface area contributed by atoms with E-state index in [1.54, 1.807) is 6.92 Å². The van der Waals surface area contributed by atoms with Crippen LogP contribution in [0.15, 0.2) is 4.90 Å². The Labute approximate surface area is 129 Å². The van der Waals surface area contributed by atoms with Crippen LogP contribution in [-0.2, 0) is 9.84 Å². The second-order valence-electron chi connectivity index (χ2n) is 5.53. The molecule has 1 aliphatic rings. The Bertz CT molecular complexity index is 629. The summed E-state index contributed by atoms with van der Waals surface area (Å²) in [7, 11) is -3.47. The quantitative estimate of drug-likeness (QED) is 0.810. The lowest BCUT2D eigenvalue weighted by atomic mass is 9.96. The molecule has 0 unspecified atom stereocenters. The van der Waals surface area contributed by atoms with Crippen molar-refractivity contribution in [1.82, 2.24) is 0 Å². The van der Waals surface area contributed by atoms with Crippen molar-refractivity contribution in [3.63, 3.8) is 0 Å². The molecule has 1 fully saturated rings. The van der Waals surface area contributed by atoms with Crippen LogP contribution >= 0.6 is 11.3 Å². The fraction of sp³-hybridized carbons (Fsp3) is 0.643. The first kappa shape index (κ1) is 16.3. The number of hydrogen-bond acceptors (Lipinski definition) is 6. The first-order valence-corrected chi connectivity index (χ1v) is 9.97. The lowest BCUT2D eigenvalue weighted by molar-refractivity contribution is 0.0992. The lowest BCUT2D eigenvalue weighted by Crippen LogP contribution is -2.22. The third-order valence-electron chi connectivity index (χ3n) is 3.79. The van der Waals surface area contributed by atoms with Crippen LogP contribution in [0.2, 0.25) is 0 Å². The summed E-state index contributed by atoms with van der Waals surface area (Å²) < 4.78 is 24.0. The number of rotatable bonds is 5. The van der Waals surface area contributed by atoms with Crippen molar-refractivity contribution in [2.24, 2.45) is 0 Å². The molecular weight excluding hydrogens is 308 g/mol. The topological polar surface area (TPSA) is 89.3 Å². The molecule has 0 aromatic carbocycles. The predicted octanol–water partition coefficient (Wildman–Crippen LogP) is 3.07. The molecule has 0 aliphatic heterocycles. The molecule has 118 valence electrons. The summed E-state index contributed by atoms with van der Waals surface area (Å²) in [4.78, 5) is 12.4. The van der Waals surface area contributed by atoms with E-state index in [1.807, 2.05) is 0 Å². The molecule has 1 aromatic heterocycles. The van der Waals surface area contributed by atoms with E-state index < -0.39 is 9.84 Å². The van der Waals surface area contributed by atoms with Gasteiger partial charge in [-0.3, -0.25) is 4.79 Å². The van der Waals surface area contributed by atoms with Crippen LogP contribution in [0.1, 0.15) is 55.1 Å². The number of ketones is 1. The van der Waals surface area contributed by atoms with E-state index in [2.05, 4.69) is 5.32 Å². The van der Waals surface area contributed by atoms with E-state index >= 15 is 0 Å². The third-order valence-corrected chi connectivity index (χ3v) is 6.26. The van der Waals surface area contributed by atoms with Crippen LogP contribution in [0.4, 0.5) is 10.7 Å². The normalized spacial score (nSPS) is 16.9. The molecule has 7 heteroatoms. The van der Waals surface area contributed by atoms with Crippen molar-refractivity contribution >= 4 is 37.6 Å². The second kappa shape index (κ2) is 6.36. The molecule has 0 atom stereocenters. The van der Waals surface area contributed by atoms with Crippen LogP contribution < -0.4 is 11.1 Å². The van der Waals surface area contributed by atoms with Crippen LogP contribution in [0.3, 0.4) is 0 Å². The smallest absolute Gasteiger partial charge is 0.180 e. The van der Waals surface area contributed by atoms with Crippen LogP contribution in [0, 0.1) is 0 Å². The zero-order valence-electron chi connectivity index (χ0n) is 12.4. The van der Waals surface area contributed by atoms with Gasteiger partial charge >= 0.3 is 0 Å². The number of carbonyl (C=O) groups is 1. The number of hydrogen-bond donors (Lipinski definition) is 2. The first-order valence-electron chi connectivity index (χ1n) is 7.26. The number of carbonyl (C=O) groups excluding carboxylic acids is 1. The van der Waals surface area contributed by atoms with E-state index in [9.17, 15) is 13.2 Å². The summed E-state index contributed by atoms with van der Waals surface area (Å²) in [5.74, 6) is -0.112. The SMILES string of the molecule is CCC(=O)c1sc(NC2CCCCC2)c(S(C)(=O)=O)c1N. The summed E-state index contributed by atoms with van der Waals surface area (Å²) in [6, 6.07) is 0.266. The standard InChI is InChI=1S/C14H22N2O3S2/c1-3-10(17)12-11(15)13(21(2,18)19)14(20-12)16-9-7-5-4-6-8-9/h9,16H,3-8,15H2,1-2H3. The van der Waals surface area contributed by atoms with Crippen molar-refractivity contribution in [3.8, 4) is 0 Å². The Hall–Kier alpha value is -1.08. The van der Waals surface area contributed by atoms with Gasteiger partial charge in [0, 0.05) is 18.7 Å². The number of thiophene rings is 1. The van der Waals surface area contributed by atoms with Gasteiger partial charge in [0.05, 0.1) is 10.6 Å². The molecule has 0 bridgehead atoms. The fourth-order valence-electron chi connectivity index (χ4n) is 2.69. The minimum atomic E-state index is -3.47. The highest BCUT2D eigenvalue weighted by Crippen LogP contribution is 2.41. The minimum Gasteiger partial charge on any atom is -0.396 e. The summed E-state index contributed by atoms with van der Waals surface area (Å²) in [6.45, 7) is 1.75. The molecular formula is C14H22N2O3S2. The lowest BCUT2D eigenvalue weighted by Gasteiger charge is -2.23. The molecule has 1 saturated carbocycles. The molecule has 0 radical (unpaired) electrons. The van der Waals surface area contributed by atoms with Crippen molar-refractivity contribution in [1.29, 1.82) is 0 Å². The molecule has 0 saturated heterocycles. The molecule has 1 aliphatic carbocycles. The van der Waals surface area contributed by atoms with Gasteiger partial charge in [0.15, 0.2) is 15.6 Å². The summed E-state index contributed by atoms with van der Waals surface area (Å²) in [6.07, 6.45) is 7.02. The number of nitrogens with two attached hydrogens (primary N) is 1. The minimum absolute atomic E-state index is 0.0925. The van der Waals surface area contributed by atoms with Gasteiger partial charge in [-0.15, -0.1) is 11.3 Å². The number of nitrogens with one attached hydrogen (secondary N) is 1. The van der Waals surface area contributed by atoms with Gasteiger partial charge in [0.2, 0.25) is 0 Å². The van der Waals surface area contributed by atoms with E-state index in [-0.39, 0.29) is 22.4 Å². The number of nitrogen functional groups attached to an aromatic ring is 1. The number of Topliss-reactive ketones (excluding diaryl/α,β-unsaturated/α-hetero) is 1. The molecule has 1 aromatic rings. The zero-order valence-corrected chi connectivity index (χ0v) is 14.1. The monoisotopic (exact) mass is 330 g/mol. The summed E-state index contributed by atoms with van der Waals surface area (Å²) in [5.41, 5.74) is 6.05. The molecule has 3 N–H and O–H groups in total. The van der Waals surface area contributed by atoms with E-state index in [0.717, 1.165) is 31.9 Å². The Morgan fingerprint density at radius 1 is 1.33 bits per heavy atom.